The fourth-order valence-corrected chi connectivity index (χ4v) is 4.00. The van der Waals surface area contributed by atoms with Crippen LogP contribution in [0.15, 0.2) is 30.7 Å². The Labute approximate surface area is 164 Å². The van der Waals surface area contributed by atoms with Crippen molar-refractivity contribution in [3.63, 3.8) is 0 Å². The molecule has 0 bridgehead atoms. The van der Waals surface area contributed by atoms with Gasteiger partial charge < -0.3 is 15.0 Å². The molecule has 4 rings (SSSR count). The number of carbonyl (C=O) groups is 1. The van der Waals surface area contributed by atoms with E-state index in [0.717, 1.165) is 37.1 Å². The molecule has 0 spiro atoms. The first-order chi connectivity index (χ1) is 13.5. The van der Waals surface area contributed by atoms with Crippen LogP contribution in [0, 0.1) is 13.8 Å². The van der Waals surface area contributed by atoms with Gasteiger partial charge in [-0.3, -0.25) is 4.79 Å². The molecule has 3 aromatic rings. The largest absolute Gasteiger partial charge is 0.381 e. The van der Waals surface area contributed by atoms with Crippen LogP contribution < -0.4 is 5.32 Å². The van der Waals surface area contributed by atoms with Crippen LogP contribution in [0.4, 0.5) is 0 Å². The Morgan fingerprint density at radius 1 is 1.29 bits per heavy atom. The molecule has 1 aromatic carbocycles. The second-order valence-corrected chi connectivity index (χ2v) is 7.57. The number of amides is 1. The zero-order valence-electron chi connectivity index (χ0n) is 16.6. The van der Waals surface area contributed by atoms with Gasteiger partial charge in [0.1, 0.15) is 6.33 Å². The number of fused-ring (bicyclic) bond motifs is 1. The van der Waals surface area contributed by atoms with Crippen molar-refractivity contribution in [2.24, 2.45) is 0 Å². The number of aromatic amines is 1. The molecule has 3 heterocycles. The minimum Gasteiger partial charge on any atom is -0.381 e. The van der Waals surface area contributed by atoms with Crippen LogP contribution in [-0.4, -0.2) is 34.1 Å². The van der Waals surface area contributed by atoms with Gasteiger partial charge in [-0.2, -0.15) is 0 Å². The van der Waals surface area contributed by atoms with Gasteiger partial charge in [-0.1, -0.05) is 6.07 Å². The van der Waals surface area contributed by atoms with Crippen molar-refractivity contribution >= 4 is 16.8 Å². The lowest BCUT2D eigenvalue weighted by Crippen LogP contribution is -2.27. The number of hydrogen-bond donors (Lipinski definition) is 2. The second-order valence-electron chi connectivity index (χ2n) is 7.57. The molecule has 1 saturated heterocycles. The molecular weight excluding hydrogens is 352 g/mol. The predicted octanol–water partition coefficient (Wildman–Crippen LogP) is 3.96. The zero-order chi connectivity index (χ0) is 19.7. The average Bonchev–Trinajstić information content (AvgIpc) is 3.05. The molecule has 1 atom stereocenters. The number of rotatable bonds is 4. The smallest absolute Gasteiger partial charge is 0.255 e. The highest BCUT2D eigenvalue weighted by Gasteiger charge is 2.21. The number of nitrogens with one attached hydrogen (secondary N) is 2. The van der Waals surface area contributed by atoms with Crippen molar-refractivity contribution in [2.75, 3.05) is 13.2 Å². The molecule has 28 heavy (non-hydrogen) atoms. The molecule has 1 fully saturated rings. The Morgan fingerprint density at radius 3 is 2.82 bits per heavy atom. The topological polar surface area (TPSA) is 79.9 Å². The lowest BCUT2D eigenvalue weighted by atomic mass is 9.93. The van der Waals surface area contributed by atoms with E-state index in [9.17, 15) is 4.79 Å². The predicted molar refractivity (Wildman–Crippen MR) is 108 cm³/mol. The minimum absolute atomic E-state index is 0.114. The fraction of sp³-hybridized carbons (Fsp3) is 0.409. The van der Waals surface area contributed by atoms with E-state index < -0.39 is 0 Å². The van der Waals surface area contributed by atoms with Gasteiger partial charge >= 0.3 is 0 Å². The van der Waals surface area contributed by atoms with Crippen molar-refractivity contribution in [1.29, 1.82) is 0 Å². The van der Waals surface area contributed by atoms with Gasteiger partial charge in [-0.05, 0) is 56.9 Å². The van der Waals surface area contributed by atoms with E-state index in [4.69, 9.17) is 4.74 Å². The number of ether oxygens (including phenoxy) is 1. The minimum atomic E-state index is -0.153. The van der Waals surface area contributed by atoms with E-state index in [1.165, 1.54) is 23.0 Å². The molecule has 6 nitrogen and oxygen atoms in total. The summed E-state index contributed by atoms with van der Waals surface area (Å²) in [5.74, 6) is 0.377. The Bertz CT molecular complexity index is 1000. The summed E-state index contributed by atoms with van der Waals surface area (Å²) in [6.07, 6.45) is 5.13. The summed E-state index contributed by atoms with van der Waals surface area (Å²) in [7, 11) is 0. The first-order valence-electron chi connectivity index (χ1n) is 9.82. The van der Waals surface area contributed by atoms with Crippen molar-refractivity contribution in [1.82, 2.24) is 20.3 Å². The molecule has 1 aliphatic heterocycles. The lowest BCUT2D eigenvalue weighted by molar-refractivity contribution is 0.0845. The normalized spacial score (nSPS) is 16.2. The molecule has 2 N–H and O–H groups in total. The van der Waals surface area contributed by atoms with Gasteiger partial charge in [0, 0.05) is 41.9 Å². The lowest BCUT2D eigenvalue weighted by Gasteiger charge is -2.21. The molecule has 0 saturated carbocycles. The van der Waals surface area contributed by atoms with E-state index in [1.807, 2.05) is 13.8 Å². The monoisotopic (exact) mass is 378 g/mol. The molecule has 0 aliphatic carbocycles. The van der Waals surface area contributed by atoms with Crippen LogP contribution in [-0.2, 0) is 4.74 Å². The Hall–Kier alpha value is -2.73. The zero-order valence-corrected chi connectivity index (χ0v) is 16.6. The maximum atomic E-state index is 12.6. The van der Waals surface area contributed by atoms with Crippen LogP contribution in [0.2, 0.25) is 0 Å². The number of aryl methyl sites for hydroxylation is 2. The number of hydrogen-bond acceptors (Lipinski definition) is 4. The molecular formula is C22H26N4O2. The number of benzene rings is 1. The standard InChI is InChI=1S/C22H26N4O2/c1-13-18-10-17(14(2)25-22(27)19-11-23-12-24-15(19)3)4-5-20(18)26-21(13)16-6-8-28-9-7-16/h4-5,10-12,14,16,26H,6-9H2,1-3H3,(H,25,27). The van der Waals surface area contributed by atoms with Crippen LogP contribution in [0.5, 0.6) is 0 Å². The van der Waals surface area contributed by atoms with Gasteiger partial charge in [0.05, 0.1) is 17.3 Å². The molecule has 146 valence electrons. The molecule has 0 radical (unpaired) electrons. The third kappa shape index (κ3) is 3.52. The maximum Gasteiger partial charge on any atom is 0.255 e. The summed E-state index contributed by atoms with van der Waals surface area (Å²) in [5.41, 5.74) is 6.04. The van der Waals surface area contributed by atoms with Gasteiger partial charge in [-0.25, -0.2) is 9.97 Å². The molecule has 2 aromatic heterocycles. The summed E-state index contributed by atoms with van der Waals surface area (Å²) in [5, 5.41) is 4.28. The fourth-order valence-electron chi connectivity index (χ4n) is 4.00. The highest BCUT2D eigenvalue weighted by atomic mass is 16.5. The Balaban J connectivity index is 1.57. The number of carbonyl (C=O) groups excluding carboxylic acids is 1. The van der Waals surface area contributed by atoms with E-state index in [1.54, 1.807) is 6.20 Å². The third-order valence-corrected chi connectivity index (χ3v) is 5.75. The third-order valence-electron chi connectivity index (χ3n) is 5.75. The summed E-state index contributed by atoms with van der Waals surface area (Å²) in [4.78, 5) is 24.3. The molecule has 1 unspecified atom stereocenters. The van der Waals surface area contributed by atoms with E-state index in [2.05, 4.69) is 45.4 Å². The molecule has 6 heteroatoms. The van der Waals surface area contributed by atoms with Crippen LogP contribution in [0.25, 0.3) is 10.9 Å². The summed E-state index contributed by atoms with van der Waals surface area (Å²) >= 11 is 0. The second kappa shape index (κ2) is 7.72. The maximum absolute atomic E-state index is 12.6. The highest BCUT2D eigenvalue weighted by Crippen LogP contribution is 2.33. The highest BCUT2D eigenvalue weighted by molar-refractivity contribution is 5.95. The first-order valence-corrected chi connectivity index (χ1v) is 9.82. The first kappa shape index (κ1) is 18.6. The Kier molecular flexibility index (Phi) is 5.13. The number of H-pyrrole nitrogens is 1. The molecule has 1 aliphatic rings. The van der Waals surface area contributed by atoms with E-state index in [-0.39, 0.29) is 11.9 Å². The van der Waals surface area contributed by atoms with Gasteiger partial charge in [0.2, 0.25) is 0 Å². The van der Waals surface area contributed by atoms with Crippen molar-refractivity contribution < 1.29 is 9.53 Å². The summed E-state index contributed by atoms with van der Waals surface area (Å²) in [6.45, 7) is 7.65. The van der Waals surface area contributed by atoms with Gasteiger partial charge in [-0.15, -0.1) is 0 Å². The van der Waals surface area contributed by atoms with Crippen molar-refractivity contribution in [2.45, 2.75) is 45.6 Å². The average molecular weight is 378 g/mol. The SMILES string of the molecule is Cc1ncncc1C(=O)NC(C)c1ccc2[nH]c(C3CCOCC3)c(C)c2c1. The summed E-state index contributed by atoms with van der Waals surface area (Å²) in [6, 6.07) is 6.26. The van der Waals surface area contributed by atoms with Crippen LogP contribution >= 0.6 is 0 Å². The summed E-state index contributed by atoms with van der Waals surface area (Å²) < 4.78 is 5.50. The van der Waals surface area contributed by atoms with Gasteiger partial charge in [0.15, 0.2) is 0 Å². The molecule has 1 amide bonds. The van der Waals surface area contributed by atoms with E-state index in [0.29, 0.717) is 17.2 Å². The van der Waals surface area contributed by atoms with Crippen LogP contribution in [0.3, 0.4) is 0 Å². The van der Waals surface area contributed by atoms with E-state index >= 15 is 0 Å². The van der Waals surface area contributed by atoms with Gasteiger partial charge in [0.25, 0.3) is 5.91 Å². The number of nitrogens with zero attached hydrogens (tertiary/aromatic N) is 2. The van der Waals surface area contributed by atoms with Crippen molar-refractivity contribution in [3.8, 4) is 0 Å². The number of aromatic nitrogens is 3. The Morgan fingerprint density at radius 2 is 2.07 bits per heavy atom. The van der Waals surface area contributed by atoms with Crippen molar-refractivity contribution in [3.05, 3.63) is 58.8 Å². The quantitative estimate of drug-likeness (QED) is 0.720. The van der Waals surface area contributed by atoms with Crippen LogP contribution in [0.1, 0.15) is 64.6 Å².